The number of carbonyl (C=O) groups excluding carboxylic acids is 3. The highest BCUT2D eigenvalue weighted by Gasteiger charge is 2.61. The lowest BCUT2D eigenvalue weighted by Crippen LogP contribution is -2.64. The molecule has 10 heteroatoms. The van der Waals surface area contributed by atoms with E-state index in [1.807, 2.05) is 61.2 Å². The van der Waals surface area contributed by atoms with E-state index >= 15 is 0 Å². The number of rotatable bonds is 7. The summed E-state index contributed by atoms with van der Waals surface area (Å²) in [4.78, 5) is 44.1. The predicted molar refractivity (Wildman–Crippen MR) is 151 cm³/mol. The molecule has 6 rings (SSSR count). The molecule has 3 amide bonds. The van der Waals surface area contributed by atoms with Crippen LogP contribution in [-0.4, -0.2) is 73.7 Å². The normalized spacial score (nSPS) is 22.7. The van der Waals surface area contributed by atoms with E-state index in [2.05, 4.69) is 34.5 Å². The van der Waals surface area contributed by atoms with E-state index in [-0.39, 0.29) is 41.6 Å². The number of nitrogens with one attached hydrogen (secondary N) is 1. The van der Waals surface area contributed by atoms with Crippen molar-refractivity contribution in [1.82, 2.24) is 35.1 Å². The third kappa shape index (κ3) is 5.23. The number of aryl methyl sites for hydroxylation is 1. The van der Waals surface area contributed by atoms with Crippen LogP contribution in [-0.2, 0) is 16.1 Å². The van der Waals surface area contributed by atoms with Gasteiger partial charge in [0, 0.05) is 43.7 Å². The molecule has 10 nitrogen and oxygen atoms in total. The lowest BCUT2D eigenvalue weighted by molar-refractivity contribution is -0.151. The van der Waals surface area contributed by atoms with Gasteiger partial charge < -0.3 is 15.1 Å². The predicted octanol–water partition coefficient (Wildman–Crippen LogP) is 2.85. The van der Waals surface area contributed by atoms with Crippen LogP contribution in [0.5, 0.6) is 0 Å². The van der Waals surface area contributed by atoms with Gasteiger partial charge in [-0.3, -0.25) is 19.1 Å². The molecule has 1 N–H and O–H groups in total. The second-order valence-electron chi connectivity index (χ2n) is 12.8. The number of hydrogen-bond acceptors (Lipinski definition) is 6. The molecule has 1 spiro atoms. The van der Waals surface area contributed by atoms with E-state index in [0.717, 1.165) is 17.7 Å². The molecule has 4 heterocycles. The summed E-state index contributed by atoms with van der Waals surface area (Å²) < 4.78 is 1.75. The minimum absolute atomic E-state index is 0.0404. The van der Waals surface area contributed by atoms with Crippen molar-refractivity contribution in [2.45, 2.75) is 46.7 Å². The number of benzene rings is 1. The Morgan fingerprint density at radius 1 is 1.00 bits per heavy atom. The molecule has 3 fully saturated rings. The first kappa shape index (κ1) is 27.1. The molecule has 3 aromatic rings. The van der Waals surface area contributed by atoms with Crippen LogP contribution in [0.1, 0.15) is 60.5 Å². The first-order valence-electron chi connectivity index (χ1n) is 14.3. The van der Waals surface area contributed by atoms with Crippen molar-refractivity contribution in [2.75, 3.05) is 26.2 Å². The summed E-state index contributed by atoms with van der Waals surface area (Å²) in [6, 6.07) is 13.4. The minimum Gasteiger partial charge on any atom is -0.348 e. The number of aromatic nitrogens is 4. The minimum atomic E-state index is -0.479. The van der Waals surface area contributed by atoms with Gasteiger partial charge in [0.2, 0.25) is 11.8 Å². The first-order chi connectivity index (χ1) is 19.5. The fraction of sp³-hybridized carbons (Fsp3) is 0.484. The molecule has 2 aliphatic heterocycles. The summed E-state index contributed by atoms with van der Waals surface area (Å²) in [6.07, 6.45) is 4.25. The number of nitrogens with zero attached hydrogens (tertiary/aromatic N) is 6. The quantitative estimate of drug-likeness (QED) is 0.480. The zero-order chi connectivity index (χ0) is 28.9. The number of carbonyl (C=O) groups is 3. The van der Waals surface area contributed by atoms with Gasteiger partial charge in [0.1, 0.15) is 0 Å². The molecule has 1 aliphatic carbocycles. The number of hydrogen-bond donors (Lipinski definition) is 1. The molecule has 0 bridgehead atoms. The van der Waals surface area contributed by atoms with Crippen LogP contribution in [0.3, 0.4) is 0 Å². The molecule has 2 aromatic heterocycles. The largest absolute Gasteiger partial charge is 0.348 e. The number of likely N-dealkylation sites (tertiary alicyclic amines) is 2. The molecule has 0 radical (unpaired) electrons. The first-order valence-corrected chi connectivity index (χ1v) is 14.3. The summed E-state index contributed by atoms with van der Waals surface area (Å²) in [5.41, 5.74) is 2.63. The van der Waals surface area contributed by atoms with E-state index in [1.54, 1.807) is 22.0 Å². The average Bonchev–Trinajstić information content (AvgIpc) is 3.25. The SMILES string of the molecule is Cc1ccc(C(C)NC(=O)[C@@H]2CN(C(=O)c3cnn(Cc4ccccc4)c3)CC23CN(C(=O)[C@H]2CC2(C)C)C3)nn1. The van der Waals surface area contributed by atoms with Gasteiger partial charge in [-0.2, -0.15) is 15.3 Å². The zero-order valence-electron chi connectivity index (χ0n) is 24.1. The zero-order valence-corrected chi connectivity index (χ0v) is 24.1. The Hall–Kier alpha value is -4.08. The Morgan fingerprint density at radius 2 is 1.71 bits per heavy atom. The van der Waals surface area contributed by atoms with Crippen LogP contribution in [0.25, 0.3) is 0 Å². The standard InChI is InChI=1S/C31H37N7O3/c1-20-10-11-26(35-34-20)21(2)33-27(39)25-16-36(17-31(25)18-37(19-31)29(41)24-12-30(24,3)4)28(40)23-13-32-38(15-23)14-22-8-6-5-7-9-22/h5-11,13,15,21,24-25H,12,14,16-19H2,1-4H3,(H,33,39)/t21?,24-,25+/m1/s1. The summed E-state index contributed by atoms with van der Waals surface area (Å²) in [5, 5.41) is 15.9. The maximum absolute atomic E-state index is 13.7. The Morgan fingerprint density at radius 3 is 2.37 bits per heavy atom. The van der Waals surface area contributed by atoms with Gasteiger partial charge in [-0.05, 0) is 43.4 Å². The van der Waals surface area contributed by atoms with Crippen molar-refractivity contribution in [1.29, 1.82) is 0 Å². The molecule has 41 heavy (non-hydrogen) atoms. The van der Waals surface area contributed by atoms with Gasteiger partial charge in [0.25, 0.3) is 5.91 Å². The van der Waals surface area contributed by atoms with Crippen molar-refractivity contribution in [3.05, 3.63) is 77.4 Å². The van der Waals surface area contributed by atoms with Crippen LogP contribution in [0.15, 0.2) is 54.9 Å². The molecular weight excluding hydrogens is 518 g/mol. The summed E-state index contributed by atoms with van der Waals surface area (Å²) in [7, 11) is 0. The molecule has 3 aliphatic rings. The van der Waals surface area contributed by atoms with E-state index < -0.39 is 11.3 Å². The fourth-order valence-electron chi connectivity index (χ4n) is 6.33. The summed E-state index contributed by atoms with van der Waals surface area (Å²) >= 11 is 0. The fourth-order valence-corrected chi connectivity index (χ4v) is 6.33. The average molecular weight is 556 g/mol. The van der Waals surface area contributed by atoms with Crippen LogP contribution in [0.2, 0.25) is 0 Å². The van der Waals surface area contributed by atoms with Gasteiger partial charge in [-0.15, -0.1) is 0 Å². The highest BCUT2D eigenvalue weighted by Crippen LogP contribution is 2.54. The van der Waals surface area contributed by atoms with Crippen molar-refractivity contribution in [3.8, 4) is 0 Å². The maximum atomic E-state index is 13.7. The van der Waals surface area contributed by atoms with Crippen LogP contribution in [0, 0.1) is 29.6 Å². The van der Waals surface area contributed by atoms with Gasteiger partial charge in [0.05, 0.1) is 41.7 Å². The molecule has 2 saturated heterocycles. The van der Waals surface area contributed by atoms with E-state index in [1.165, 1.54) is 0 Å². The molecule has 1 saturated carbocycles. The summed E-state index contributed by atoms with van der Waals surface area (Å²) in [5.74, 6) is -0.516. The highest BCUT2D eigenvalue weighted by atomic mass is 16.2. The highest BCUT2D eigenvalue weighted by molar-refractivity contribution is 5.95. The molecule has 1 unspecified atom stereocenters. The van der Waals surface area contributed by atoms with Gasteiger partial charge in [-0.25, -0.2) is 0 Å². The molecular formula is C31H37N7O3. The Bertz CT molecular complexity index is 1460. The number of amides is 3. The maximum Gasteiger partial charge on any atom is 0.257 e. The summed E-state index contributed by atoms with van der Waals surface area (Å²) in [6.45, 7) is 10.2. The second kappa shape index (κ2) is 10.1. The van der Waals surface area contributed by atoms with Crippen LogP contribution >= 0.6 is 0 Å². The van der Waals surface area contributed by atoms with E-state index in [9.17, 15) is 14.4 Å². The van der Waals surface area contributed by atoms with Crippen molar-refractivity contribution in [2.24, 2.45) is 22.7 Å². The van der Waals surface area contributed by atoms with E-state index in [4.69, 9.17) is 0 Å². The Kier molecular flexibility index (Phi) is 6.66. The van der Waals surface area contributed by atoms with Crippen molar-refractivity contribution in [3.63, 3.8) is 0 Å². The monoisotopic (exact) mass is 555 g/mol. The van der Waals surface area contributed by atoms with Gasteiger partial charge in [0.15, 0.2) is 0 Å². The lowest BCUT2D eigenvalue weighted by atomic mass is 9.70. The van der Waals surface area contributed by atoms with Crippen LogP contribution in [0.4, 0.5) is 0 Å². The Balaban J connectivity index is 1.18. The topological polar surface area (TPSA) is 113 Å². The second-order valence-corrected chi connectivity index (χ2v) is 12.8. The van der Waals surface area contributed by atoms with Crippen molar-refractivity contribution < 1.29 is 14.4 Å². The van der Waals surface area contributed by atoms with Gasteiger partial charge >= 0.3 is 0 Å². The van der Waals surface area contributed by atoms with Crippen molar-refractivity contribution >= 4 is 17.7 Å². The Labute approximate surface area is 240 Å². The molecule has 3 atom stereocenters. The van der Waals surface area contributed by atoms with Crippen LogP contribution < -0.4 is 5.32 Å². The van der Waals surface area contributed by atoms with E-state index in [0.29, 0.717) is 37.4 Å². The van der Waals surface area contributed by atoms with Gasteiger partial charge in [-0.1, -0.05) is 44.2 Å². The third-order valence-corrected chi connectivity index (χ3v) is 9.07. The third-order valence-electron chi connectivity index (χ3n) is 9.07. The lowest BCUT2D eigenvalue weighted by Gasteiger charge is -2.50. The molecule has 1 aromatic carbocycles. The molecule has 214 valence electrons. The smallest absolute Gasteiger partial charge is 0.257 e.